The Labute approximate surface area is 91.7 Å². The van der Waals surface area contributed by atoms with Gasteiger partial charge in [0, 0.05) is 18.4 Å². The van der Waals surface area contributed by atoms with Gasteiger partial charge >= 0.3 is 5.97 Å². The average Bonchev–Trinajstić information content (AvgIpc) is 2.21. The van der Waals surface area contributed by atoms with Crippen LogP contribution in [-0.2, 0) is 9.53 Å². The number of carbonyl (C=O) groups excluding carboxylic acids is 1. The van der Waals surface area contributed by atoms with Gasteiger partial charge in [0.05, 0.1) is 0 Å². The molecule has 0 radical (unpaired) electrons. The molecule has 0 aliphatic rings. The van der Waals surface area contributed by atoms with Gasteiger partial charge in [-0.3, -0.25) is 0 Å². The van der Waals surface area contributed by atoms with Crippen LogP contribution in [0.3, 0.4) is 0 Å². The molecule has 0 saturated carbocycles. The lowest BCUT2D eigenvalue weighted by atomic mass is 10.3. The van der Waals surface area contributed by atoms with Crippen LogP contribution in [0.4, 0.5) is 0 Å². The van der Waals surface area contributed by atoms with Crippen molar-refractivity contribution < 1.29 is 9.53 Å². The lowest BCUT2D eigenvalue weighted by Crippen LogP contribution is -2.05. The maximum absolute atomic E-state index is 10.9. The van der Waals surface area contributed by atoms with Gasteiger partial charge in [-0.25, -0.2) is 4.79 Å². The highest BCUT2D eigenvalue weighted by molar-refractivity contribution is 5.86. The van der Waals surface area contributed by atoms with Gasteiger partial charge in [-0.2, -0.15) is 0 Å². The van der Waals surface area contributed by atoms with Gasteiger partial charge in [-0.05, 0) is 25.2 Å². The molecule has 0 aromatic carbocycles. The van der Waals surface area contributed by atoms with Gasteiger partial charge in [0.2, 0.25) is 0 Å². The van der Waals surface area contributed by atoms with Gasteiger partial charge in [0.15, 0.2) is 0 Å². The van der Waals surface area contributed by atoms with Crippen molar-refractivity contribution in [2.75, 3.05) is 6.61 Å². The zero-order valence-corrected chi connectivity index (χ0v) is 9.35. The number of carbonyl (C=O) groups is 1. The number of ether oxygens (including phenoxy) is 1. The number of hydrogen-bond donors (Lipinski definition) is 0. The van der Waals surface area contributed by atoms with Crippen molar-refractivity contribution in [2.24, 2.45) is 0 Å². The van der Waals surface area contributed by atoms with Crippen molar-refractivity contribution in [3.8, 4) is 23.7 Å². The minimum atomic E-state index is -0.367. The molecule has 0 bridgehead atoms. The maximum atomic E-state index is 10.9. The van der Waals surface area contributed by atoms with Crippen LogP contribution in [0.25, 0.3) is 0 Å². The van der Waals surface area contributed by atoms with Gasteiger partial charge in [0.25, 0.3) is 0 Å². The molecular weight excluding hydrogens is 188 g/mol. The Morgan fingerprint density at radius 3 is 2.40 bits per heavy atom. The Hall–Kier alpha value is -1.67. The van der Waals surface area contributed by atoms with Gasteiger partial charge in [0.1, 0.15) is 6.61 Å². The summed E-state index contributed by atoms with van der Waals surface area (Å²) in [7, 11) is 0. The SMILES string of the molecule is C=C(C)C(=O)OCCC#CC#CCCC. The normalized spacial score (nSPS) is 7.87. The van der Waals surface area contributed by atoms with E-state index in [1.54, 1.807) is 6.92 Å². The highest BCUT2D eigenvalue weighted by atomic mass is 16.5. The Kier molecular flexibility index (Phi) is 7.92. The highest BCUT2D eigenvalue weighted by Gasteiger charge is 2.00. The first-order chi connectivity index (χ1) is 7.18. The van der Waals surface area contributed by atoms with Gasteiger partial charge in [-0.15, -0.1) is 0 Å². The van der Waals surface area contributed by atoms with Crippen LogP contribution >= 0.6 is 0 Å². The lowest BCUT2D eigenvalue weighted by Gasteiger charge is -1.99. The zero-order valence-electron chi connectivity index (χ0n) is 9.35. The molecule has 0 atom stereocenters. The second-order valence-electron chi connectivity index (χ2n) is 3.02. The summed E-state index contributed by atoms with van der Waals surface area (Å²) in [5.41, 5.74) is 0.408. The number of unbranched alkanes of at least 4 members (excludes halogenated alkanes) is 1. The van der Waals surface area contributed by atoms with E-state index in [1.165, 1.54) is 0 Å². The standard InChI is InChI=1S/C13H16O2/c1-4-5-6-7-8-9-10-11-15-13(14)12(2)3/h2,4-5,10-11H2,1,3H3. The van der Waals surface area contributed by atoms with Gasteiger partial charge in [-0.1, -0.05) is 25.3 Å². The third-order valence-corrected chi connectivity index (χ3v) is 1.42. The second kappa shape index (κ2) is 8.91. The molecule has 0 aliphatic carbocycles. The third-order valence-electron chi connectivity index (χ3n) is 1.42. The van der Waals surface area contributed by atoms with E-state index in [-0.39, 0.29) is 5.97 Å². The van der Waals surface area contributed by atoms with Crippen LogP contribution in [-0.4, -0.2) is 12.6 Å². The molecule has 0 amide bonds. The van der Waals surface area contributed by atoms with Crippen molar-refractivity contribution in [1.82, 2.24) is 0 Å². The molecule has 0 spiro atoms. The quantitative estimate of drug-likeness (QED) is 0.304. The fourth-order valence-corrected chi connectivity index (χ4v) is 0.656. The van der Waals surface area contributed by atoms with Crippen LogP contribution in [0.2, 0.25) is 0 Å². The summed E-state index contributed by atoms with van der Waals surface area (Å²) in [5.74, 6) is 10.8. The summed E-state index contributed by atoms with van der Waals surface area (Å²) in [6, 6.07) is 0. The highest BCUT2D eigenvalue weighted by Crippen LogP contribution is 1.92. The van der Waals surface area contributed by atoms with Crippen molar-refractivity contribution in [2.45, 2.75) is 33.1 Å². The first-order valence-corrected chi connectivity index (χ1v) is 4.96. The molecule has 0 unspecified atom stereocenters. The van der Waals surface area contributed by atoms with E-state index in [2.05, 4.69) is 37.2 Å². The number of rotatable bonds is 4. The largest absolute Gasteiger partial charge is 0.461 e. The summed E-state index contributed by atoms with van der Waals surface area (Å²) in [6.45, 7) is 7.45. The van der Waals surface area contributed by atoms with E-state index in [1.807, 2.05) is 0 Å². The minimum Gasteiger partial charge on any atom is -0.461 e. The molecule has 2 nitrogen and oxygen atoms in total. The van der Waals surface area contributed by atoms with E-state index in [9.17, 15) is 4.79 Å². The molecule has 0 aromatic rings. The van der Waals surface area contributed by atoms with Crippen LogP contribution in [0.1, 0.15) is 33.1 Å². The predicted molar refractivity (Wildman–Crippen MR) is 60.9 cm³/mol. The third kappa shape index (κ3) is 8.65. The van der Waals surface area contributed by atoms with E-state index < -0.39 is 0 Å². The maximum Gasteiger partial charge on any atom is 0.333 e. The predicted octanol–water partition coefficient (Wildman–Crippen LogP) is 2.30. The number of esters is 1. The Balaban J connectivity index is 3.59. The summed E-state index contributed by atoms with van der Waals surface area (Å²) in [6.07, 6.45) is 2.43. The van der Waals surface area contributed by atoms with Crippen molar-refractivity contribution >= 4 is 5.97 Å². The minimum absolute atomic E-state index is 0.300. The fraction of sp³-hybridized carbons (Fsp3) is 0.462. The van der Waals surface area contributed by atoms with E-state index in [4.69, 9.17) is 4.74 Å². The summed E-state index contributed by atoms with van der Waals surface area (Å²) >= 11 is 0. The molecular formula is C13H16O2. The van der Waals surface area contributed by atoms with E-state index in [0.29, 0.717) is 18.6 Å². The van der Waals surface area contributed by atoms with Crippen LogP contribution < -0.4 is 0 Å². The molecule has 2 heteroatoms. The van der Waals surface area contributed by atoms with Gasteiger partial charge < -0.3 is 4.74 Å². The monoisotopic (exact) mass is 204 g/mol. The molecule has 0 heterocycles. The molecule has 0 aromatic heterocycles. The van der Waals surface area contributed by atoms with Crippen molar-refractivity contribution in [3.05, 3.63) is 12.2 Å². The van der Waals surface area contributed by atoms with Crippen LogP contribution in [0.15, 0.2) is 12.2 Å². The smallest absolute Gasteiger partial charge is 0.333 e. The zero-order chi connectivity index (χ0) is 11.5. The molecule has 80 valence electrons. The van der Waals surface area contributed by atoms with Crippen LogP contribution in [0.5, 0.6) is 0 Å². The summed E-state index contributed by atoms with van der Waals surface area (Å²) < 4.78 is 4.84. The Morgan fingerprint density at radius 2 is 1.87 bits per heavy atom. The fourth-order valence-electron chi connectivity index (χ4n) is 0.656. The summed E-state index contributed by atoms with van der Waals surface area (Å²) in [5, 5.41) is 0. The van der Waals surface area contributed by atoms with Crippen molar-refractivity contribution in [3.63, 3.8) is 0 Å². The van der Waals surface area contributed by atoms with Crippen molar-refractivity contribution in [1.29, 1.82) is 0 Å². The lowest BCUT2D eigenvalue weighted by molar-refractivity contribution is -0.138. The Morgan fingerprint density at radius 1 is 1.27 bits per heavy atom. The second-order valence-corrected chi connectivity index (χ2v) is 3.02. The summed E-state index contributed by atoms with van der Waals surface area (Å²) in [4.78, 5) is 10.9. The average molecular weight is 204 g/mol. The molecule has 0 rings (SSSR count). The molecule has 0 N–H and O–H groups in total. The number of hydrogen-bond acceptors (Lipinski definition) is 2. The first-order valence-electron chi connectivity index (χ1n) is 4.96. The first kappa shape index (κ1) is 13.3. The molecule has 0 saturated heterocycles. The Bertz CT molecular complexity index is 331. The molecule has 15 heavy (non-hydrogen) atoms. The molecule has 0 fully saturated rings. The van der Waals surface area contributed by atoms with E-state index in [0.717, 1.165) is 12.8 Å². The van der Waals surface area contributed by atoms with Crippen LogP contribution in [0, 0.1) is 23.7 Å². The van der Waals surface area contributed by atoms with E-state index >= 15 is 0 Å². The molecule has 0 aliphatic heterocycles. The topological polar surface area (TPSA) is 26.3 Å².